The molecule has 1 fully saturated rings. The monoisotopic (exact) mass is 511 g/mol. The zero-order valence-electron chi connectivity index (χ0n) is 21.7. The van der Waals surface area contributed by atoms with E-state index < -0.39 is 37.8 Å². The molecule has 0 unspecified atom stereocenters. The standard InChI is InChI=1S/C25H36F3N3O3Si/c1-23(2,3)33-22(32)31-15-16(34-35(7,8)24(4,5)6)13-20(31)21-29-14-19(30-21)17-11-9-10-12-18(17)25(26,27)28/h9-12,14,16,20H,13,15H2,1-8H3,(H,29,30)/t16-,20+/m1/s1. The van der Waals surface area contributed by atoms with Crippen LogP contribution in [0.15, 0.2) is 30.5 Å². The molecule has 1 aromatic carbocycles. The first-order chi connectivity index (χ1) is 15.9. The number of alkyl halides is 3. The Morgan fingerprint density at radius 1 is 1.11 bits per heavy atom. The third kappa shape index (κ3) is 6.27. The van der Waals surface area contributed by atoms with Crippen LogP contribution < -0.4 is 0 Å². The second-order valence-corrected chi connectivity index (χ2v) is 16.4. The van der Waals surface area contributed by atoms with E-state index in [2.05, 4.69) is 43.8 Å². The number of nitrogens with zero attached hydrogens (tertiary/aromatic N) is 2. The van der Waals surface area contributed by atoms with Crippen molar-refractivity contribution >= 4 is 14.4 Å². The fourth-order valence-corrected chi connectivity index (χ4v) is 5.22. The van der Waals surface area contributed by atoms with Crippen LogP contribution in [0, 0.1) is 0 Å². The lowest BCUT2D eigenvalue weighted by molar-refractivity contribution is -0.137. The zero-order valence-corrected chi connectivity index (χ0v) is 22.7. The average Bonchev–Trinajstić information content (AvgIpc) is 3.32. The van der Waals surface area contributed by atoms with Gasteiger partial charge in [0.2, 0.25) is 0 Å². The van der Waals surface area contributed by atoms with Gasteiger partial charge < -0.3 is 14.1 Å². The molecule has 0 bridgehead atoms. The van der Waals surface area contributed by atoms with Crippen LogP contribution in [0.5, 0.6) is 0 Å². The summed E-state index contributed by atoms with van der Waals surface area (Å²) in [6.45, 7) is 16.4. The Hall–Kier alpha value is -2.33. The van der Waals surface area contributed by atoms with Gasteiger partial charge in [0.1, 0.15) is 11.4 Å². The van der Waals surface area contributed by atoms with E-state index in [0.717, 1.165) is 6.07 Å². The van der Waals surface area contributed by atoms with Crippen molar-refractivity contribution < 1.29 is 27.1 Å². The first-order valence-electron chi connectivity index (χ1n) is 11.8. The van der Waals surface area contributed by atoms with Gasteiger partial charge in [-0.25, -0.2) is 9.78 Å². The fourth-order valence-electron chi connectivity index (χ4n) is 3.87. The number of benzene rings is 1. The van der Waals surface area contributed by atoms with E-state index in [1.165, 1.54) is 18.3 Å². The molecular weight excluding hydrogens is 475 g/mol. The van der Waals surface area contributed by atoms with Crippen LogP contribution in [0.3, 0.4) is 0 Å². The smallest absolute Gasteiger partial charge is 0.417 e. The number of amides is 1. The molecule has 2 aromatic rings. The van der Waals surface area contributed by atoms with Crippen molar-refractivity contribution in [2.45, 2.75) is 90.0 Å². The van der Waals surface area contributed by atoms with E-state index in [1.807, 2.05) is 0 Å². The number of imidazole rings is 1. The van der Waals surface area contributed by atoms with Crippen molar-refractivity contribution in [3.63, 3.8) is 0 Å². The summed E-state index contributed by atoms with van der Waals surface area (Å²) >= 11 is 0. The summed E-state index contributed by atoms with van der Waals surface area (Å²) in [5, 5.41) is -0.0129. The van der Waals surface area contributed by atoms with E-state index in [4.69, 9.17) is 9.16 Å². The Morgan fingerprint density at radius 3 is 2.31 bits per heavy atom. The Bertz CT molecular complexity index is 1050. The number of hydrogen-bond acceptors (Lipinski definition) is 4. The summed E-state index contributed by atoms with van der Waals surface area (Å²) in [4.78, 5) is 22.1. The molecule has 194 valence electrons. The van der Waals surface area contributed by atoms with Crippen molar-refractivity contribution in [2.75, 3.05) is 6.54 Å². The lowest BCUT2D eigenvalue weighted by Crippen LogP contribution is -2.45. The van der Waals surface area contributed by atoms with Crippen LogP contribution in [0.2, 0.25) is 18.1 Å². The van der Waals surface area contributed by atoms with Crippen LogP contribution in [0.25, 0.3) is 11.3 Å². The normalized spacial score (nSPS) is 19.8. The minimum absolute atomic E-state index is 0.00892. The average molecular weight is 512 g/mol. The lowest BCUT2D eigenvalue weighted by Gasteiger charge is -2.38. The molecule has 1 N–H and O–H groups in total. The van der Waals surface area contributed by atoms with Gasteiger partial charge in [-0.2, -0.15) is 13.2 Å². The number of aromatic amines is 1. The second kappa shape index (κ2) is 9.27. The minimum atomic E-state index is -4.50. The molecule has 0 spiro atoms. The number of rotatable bonds is 4. The SMILES string of the molecule is CC(C)(C)OC(=O)N1C[C@H](O[Si](C)(C)C(C)(C)C)C[C@H]1c1ncc(-c2ccccc2C(F)(F)F)[nH]1. The van der Waals surface area contributed by atoms with E-state index >= 15 is 0 Å². The highest BCUT2D eigenvalue weighted by Gasteiger charge is 2.45. The number of hydrogen-bond donors (Lipinski definition) is 1. The van der Waals surface area contributed by atoms with Gasteiger partial charge in [0.25, 0.3) is 0 Å². The quantitative estimate of drug-likeness (QED) is 0.442. The topological polar surface area (TPSA) is 67.4 Å². The summed E-state index contributed by atoms with van der Waals surface area (Å²) in [5.74, 6) is 0.407. The molecule has 0 aliphatic carbocycles. The molecule has 1 amide bonds. The molecule has 0 saturated carbocycles. The van der Waals surface area contributed by atoms with Gasteiger partial charge >= 0.3 is 12.3 Å². The van der Waals surface area contributed by atoms with Crippen LogP contribution in [-0.4, -0.2) is 47.5 Å². The Kier molecular flexibility index (Phi) is 7.22. The highest BCUT2D eigenvalue weighted by atomic mass is 28.4. The van der Waals surface area contributed by atoms with E-state index in [-0.39, 0.29) is 22.4 Å². The molecule has 1 aliphatic heterocycles. The second-order valence-electron chi connectivity index (χ2n) is 11.6. The molecule has 10 heteroatoms. The number of likely N-dealkylation sites (tertiary alicyclic amines) is 1. The molecule has 35 heavy (non-hydrogen) atoms. The summed E-state index contributed by atoms with van der Waals surface area (Å²) in [6, 6.07) is 4.85. The number of carbonyl (C=O) groups excluding carboxylic acids is 1. The molecule has 1 saturated heterocycles. The largest absolute Gasteiger partial charge is 0.444 e. The van der Waals surface area contributed by atoms with E-state index in [9.17, 15) is 18.0 Å². The highest BCUT2D eigenvalue weighted by molar-refractivity contribution is 6.74. The predicted octanol–water partition coefficient (Wildman–Crippen LogP) is 7.17. The van der Waals surface area contributed by atoms with Crippen molar-refractivity contribution in [3.8, 4) is 11.3 Å². The van der Waals surface area contributed by atoms with Crippen LogP contribution in [-0.2, 0) is 15.3 Å². The molecule has 1 aliphatic rings. The number of nitrogens with one attached hydrogen (secondary N) is 1. The number of ether oxygens (including phenoxy) is 1. The number of H-pyrrole nitrogens is 1. The van der Waals surface area contributed by atoms with Crippen LogP contribution >= 0.6 is 0 Å². The Balaban J connectivity index is 1.94. The lowest BCUT2D eigenvalue weighted by atomic mass is 10.0. The van der Waals surface area contributed by atoms with Crippen LogP contribution in [0.1, 0.15) is 65.4 Å². The molecule has 1 aromatic heterocycles. The summed E-state index contributed by atoms with van der Waals surface area (Å²) in [6.07, 6.45) is -3.38. The maximum absolute atomic E-state index is 13.6. The first-order valence-corrected chi connectivity index (χ1v) is 14.7. The van der Waals surface area contributed by atoms with Gasteiger partial charge in [-0.15, -0.1) is 0 Å². The zero-order chi connectivity index (χ0) is 26.4. The molecule has 6 nitrogen and oxygen atoms in total. The van der Waals surface area contributed by atoms with E-state index in [1.54, 1.807) is 31.7 Å². The predicted molar refractivity (Wildman–Crippen MR) is 131 cm³/mol. The van der Waals surface area contributed by atoms with Crippen LogP contribution in [0.4, 0.5) is 18.0 Å². The maximum Gasteiger partial charge on any atom is 0.417 e. The minimum Gasteiger partial charge on any atom is -0.444 e. The fraction of sp³-hybridized carbons (Fsp3) is 0.600. The summed E-state index contributed by atoms with van der Waals surface area (Å²) < 4.78 is 52.9. The molecule has 0 radical (unpaired) electrons. The van der Waals surface area contributed by atoms with Gasteiger partial charge in [-0.1, -0.05) is 39.0 Å². The van der Waals surface area contributed by atoms with Gasteiger partial charge in [0, 0.05) is 18.5 Å². The summed E-state index contributed by atoms with van der Waals surface area (Å²) in [7, 11) is -2.12. The molecule has 2 atom stereocenters. The Morgan fingerprint density at radius 2 is 1.74 bits per heavy atom. The van der Waals surface area contributed by atoms with Crippen molar-refractivity contribution in [1.82, 2.24) is 14.9 Å². The summed E-state index contributed by atoms with van der Waals surface area (Å²) in [5.41, 5.74) is -1.19. The third-order valence-electron chi connectivity index (χ3n) is 6.59. The van der Waals surface area contributed by atoms with Crippen molar-refractivity contribution in [3.05, 3.63) is 41.9 Å². The van der Waals surface area contributed by atoms with Gasteiger partial charge in [0.05, 0.1) is 29.6 Å². The number of carbonyl (C=O) groups is 1. The first kappa shape index (κ1) is 27.3. The molecular formula is C25H36F3N3O3Si. The van der Waals surface area contributed by atoms with Gasteiger partial charge in [0.15, 0.2) is 8.32 Å². The number of halogens is 3. The molecule has 3 rings (SSSR count). The van der Waals surface area contributed by atoms with Crippen molar-refractivity contribution in [1.29, 1.82) is 0 Å². The highest BCUT2D eigenvalue weighted by Crippen LogP contribution is 2.42. The Labute approximate surface area is 206 Å². The van der Waals surface area contributed by atoms with Gasteiger partial charge in [-0.3, -0.25) is 4.90 Å². The third-order valence-corrected chi connectivity index (χ3v) is 11.1. The van der Waals surface area contributed by atoms with E-state index in [0.29, 0.717) is 18.8 Å². The van der Waals surface area contributed by atoms with Gasteiger partial charge in [-0.05, 0) is 45.0 Å². The maximum atomic E-state index is 13.6. The number of aromatic nitrogens is 2. The van der Waals surface area contributed by atoms with Crippen molar-refractivity contribution in [2.24, 2.45) is 0 Å². The molecule has 2 heterocycles.